The predicted octanol–water partition coefficient (Wildman–Crippen LogP) is 1.66. The lowest BCUT2D eigenvalue weighted by Gasteiger charge is -2.20. The molecular weight excluding hydrogens is 140 g/mol. The first-order valence-corrected chi connectivity index (χ1v) is 3.98. The number of hydrogen-bond donors (Lipinski definition) is 0. The molecule has 2 nitrogen and oxygen atoms in total. The molecule has 1 aliphatic heterocycles. The molecule has 0 unspecified atom stereocenters. The number of carbonyl (C=O) groups excluding carboxylic acids is 1. The molecule has 60 valence electrons. The second-order valence-electron chi connectivity index (χ2n) is 3.85. The van der Waals surface area contributed by atoms with E-state index in [4.69, 9.17) is 4.74 Å². The summed E-state index contributed by atoms with van der Waals surface area (Å²) >= 11 is 0. The number of fused-ring (bicyclic) bond motifs is 1. The van der Waals surface area contributed by atoms with E-state index in [1.54, 1.807) is 0 Å². The normalized spacial score (nSPS) is 41.8. The number of allylic oxidation sites excluding steroid dienone is 1. The highest BCUT2D eigenvalue weighted by Gasteiger charge is 2.48. The maximum Gasteiger partial charge on any atom is 0.307 e. The van der Waals surface area contributed by atoms with Crippen molar-refractivity contribution >= 4 is 5.97 Å². The topological polar surface area (TPSA) is 26.3 Å². The van der Waals surface area contributed by atoms with E-state index in [2.05, 4.69) is 13.0 Å². The third-order valence-electron chi connectivity index (χ3n) is 2.73. The molecule has 0 radical (unpaired) electrons. The van der Waals surface area contributed by atoms with Crippen LogP contribution in [0.1, 0.15) is 26.7 Å². The molecule has 0 bridgehead atoms. The van der Waals surface area contributed by atoms with Crippen LogP contribution >= 0.6 is 0 Å². The first-order valence-electron chi connectivity index (χ1n) is 3.98. The zero-order chi connectivity index (χ0) is 8.06. The summed E-state index contributed by atoms with van der Waals surface area (Å²) in [6.07, 6.45) is 3.84. The van der Waals surface area contributed by atoms with Crippen LogP contribution in [0.15, 0.2) is 11.6 Å². The van der Waals surface area contributed by atoms with E-state index in [0.717, 1.165) is 6.42 Å². The van der Waals surface area contributed by atoms with E-state index in [9.17, 15) is 4.79 Å². The molecule has 0 aromatic carbocycles. The van der Waals surface area contributed by atoms with Crippen molar-refractivity contribution in [2.45, 2.75) is 32.8 Å². The van der Waals surface area contributed by atoms with Crippen LogP contribution in [-0.4, -0.2) is 12.1 Å². The standard InChI is InChI=1S/C9H12O2/c1-6-3-4-9(2)5-7(10)11-8(6)9/h3,8H,4-5H2,1-2H3/t8-,9-/m0/s1. The van der Waals surface area contributed by atoms with Crippen LogP contribution in [0.5, 0.6) is 0 Å². The van der Waals surface area contributed by atoms with Crippen LogP contribution in [0.25, 0.3) is 0 Å². The predicted molar refractivity (Wildman–Crippen MR) is 41.0 cm³/mol. The third kappa shape index (κ3) is 0.817. The van der Waals surface area contributed by atoms with E-state index >= 15 is 0 Å². The van der Waals surface area contributed by atoms with Crippen molar-refractivity contribution in [1.82, 2.24) is 0 Å². The molecule has 11 heavy (non-hydrogen) atoms. The summed E-state index contributed by atoms with van der Waals surface area (Å²) in [7, 11) is 0. The molecule has 1 aliphatic carbocycles. The Balaban J connectivity index is 2.31. The third-order valence-corrected chi connectivity index (χ3v) is 2.73. The van der Waals surface area contributed by atoms with Gasteiger partial charge in [-0.3, -0.25) is 4.79 Å². The van der Waals surface area contributed by atoms with Crippen molar-refractivity contribution in [2.75, 3.05) is 0 Å². The Bertz CT molecular complexity index is 242. The highest BCUT2D eigenvalue weighted by atomic mass is 16.6. The van der Waals surface area contributed by atoms with E-state index in [0.29, 0.717) is 6.42 Å². The quantitative estimate of drug-likeness (QED) is 0.390. The van der Waals surface area contributed by atoms with E-state index in [1.807, 2.05) is 6.92 Å². The van der Waals surface area contributed by atoms with E-state index in [1.165, 1.54) is 5.57 Å². The lowest BCUT2D eigenvalue weighted by atomic mass is 9.83. The minimum atomic E-state index is -0.0371. The van der Waals surface area contributed by atoms with Crippen molar-refractivity contribution in [3.8, 4) is 0 Å². The summed E-state index contributed by atoms with van der Waals surface area (Å²) < 4.78 is 5.19. The van der Waals surface area contributed by atoms with Gasteiger partial charge in [0.1, 0.15) is 6.10 Å². The van der Waals surface area contributed by atoms with Crippen LogP contribution in [0.2, 0.25) is 0 Å². The maximum atomic E-state index is 11.0. The highest BCUT2D eigenvalue weighted by Crippen LogP contribution is 2.46. The fourth-order valence-corrected chi connectivity index (χ4v) is 2.06. The molecule has 2 atom stereocenters. The lowest BCUT2D eigenvalue weighted by molar-refractivity contribution is -0.140. The van der Waals surface area contributed by atoms with Crippen LogP contribution in [0, 0.1) is 5.41 Å². The summed E-state index contributed by atoms with van der Waals surface area (Å²) in [4.78, 5) is 11.0. The molecule has 1 fully saturated rings. The Morgan fingerprint density at radius 2 is 2.45 bits per heavy atom. The molecule has 0 aromatic rings. The number of ether oxygens (including phenoxy) is 1. The second-order valence-corrected chi connectivity index (χ2v) is 3.85. The maximum absolute atomic E-state index is 11.0. The zero-order valence-electron chi connectivity index (χ0n) is 6.89. The molecule has 2 heteroatoms. The summed E-state index contributed by atoms with van der Waals surface area (Å²) in [5.74, 6) is -0.0371. The van der Waals surface area contributed by atoms with Gasteiger partial charge < -0.3 is 4.74 Å². The summed E-state index contributed by atoms with van der Waals surface area (Å²) in [6.45, 7) is 4.16. The first kappa shape index (κ1) is 6.89. The Morgan fingerprint density at radius 3 is 3.09 bits per heavy atom. The Kier molecular flexibility index (Phi) is 1.17. The van der Waals surface area contributed by atoms with Crippen molar-refractivity contribution in [2.24, 2.45) is 5.41 Å². The molecule has 0 spiro atoms. The van der Waals surface area contributed by atoms with E-state index in [-0.39, 0.29) is 17.5 Å². The van der Waals surface area contributed by atoms with Gasteiger partial charge in [-0.1, -0.05) is 13.0 Å². The van der Waals surface area contributed by atoms with Gasteiger partial charge in [0.05, 0.1) is 6.42 Å². The van der Waals surface area contributed by atoms with Gasteiger partial charge in [-0.2, -0.15) is 0 Å². The largest absolute Gasteiger partial charge is 0.457 e. The smallest absolute Gasteiger partial charge is 0.307 e. The number of hydrogen-bond acceptors (Lipinski definition) is 2. The first-order chi connectivity index (χ1) is 5.12. The van der Waals surface area contributed by atoms with Crippen LogP contribution < -0.4 is 0 Å². The number of esters is 1. The zero-order valence-corrected chi connectivity index (χ0v) is 6.89. The lowest BCUT2D eigenvalue weighted by Crippen LogP contribution is -2.22. The molecular formula is C9H12O2. The minimum absolute atomic E-state index is 0.0371. The Hall–Kier alpha value is -0.790. The van der Waals surface area contributed by atoms with Crippen molar-refractivity contribution in [3.05, 3.63) is 11.6 Å². The van der Waals surface area contributed by atoms with Gasteiger partial charge in [-0.25, -0.2) is 0 Å². The Labute approximate surface area is 66.2 Å². The van der Waals surface area contributed by atoms with Crippen LogP contribution in [0.4, 0.5) is 0 Å². The monoisotopic (exact) mass is 152 g/mol. The molecule has 0 amide bonds. The SMILES string of the molecule is CC1=CC[C@@]2(C)CC(=O)O[C@@H]12. The van der Waals surface area contributed by atoms with Gasteiger partial charge in [0, 0.05) is 5.41 Å². The molecule has 0 saturated carbocycles. The highest BCUT2D eigenvalue weighted by molar-refractivity contribution is 5.74. The summed E-state index contributed by atoms with van der Waals surface area (Å²) in [6, 6.07) is 0. The van der Waals surface area contributed by atoms with Crippen LogP contribution in [0.3, 0.4) is 0 Å². The molecule has 0 aromatic heterocycles. The average molecular weight is 152 g/mol. The fraction of sp³-hybridized carbons (Fsp3) is 0.667. The van der Waals surface area contributed by atoms with Crippen molar-refractivity contribution in [1.29, 1.82) is 0 Å². The summed E-state index contributed by atoms with van der Waals surface area (Å²) in [5.41, 5.74) is 1.31. The average Bonchev–Trinajstić information content (AvgIpc) is 2.32. The van der Waals surface area contributed by atoms with Gasteiger partial charge in [-0.05, 0) is 18.9 Å². The number of rotatable bonds is 0. The molecule has 1 saturated heterocycles. The second kappa shape index (κ2) is 1.87. The molecule has 1 heterocycles. The molecule has 2 rings (SSSR count). The minimum Gasteiger partial charge on any atom is -0.457 e. The fourth-order valence-electron chi connectivity index (χ4n) is 2.06. The molecule has 2 aliphatic rings. The van der Waals surface area contributed by atoms with Gasteiger partial charge in [0.15, 0.2) is 0 Å². The molecule has 0 N–H and O–H groups in total. The number of carbonyl (C=O) groups is 1. The van der Waals surface area contributed by atoms with Gasteiger partial charge >= 0.3 is 5.97 Å². The van der Waals surface area contributed by atoms with Gasteiger partial charge in [-0.15, -0.1) is 0 Å². The van der Waals surface area contributed by atoms with Gasteiger partial charge in [0.25, 0.3) is 0 Å². The van der Waals surface area contributed by atoms with Crippen LogP contribution in [-0.2, 0) is 9.53 Å². The summed E-state index contributed by atoms with van der Waals surface area (Å²) in [5, 5.41) is 0. The Morgan fingerprint density at radius 1 is 1.73 bits per heavy atom. The van der Waals surface area contributed by atoms with Crippen molar-refractivity contribution in [3.63, 3.8) is 0 Å². The van der Waals surface area contributed by atoms with E-state index < -0.39 is 0 Å². The van der Waals surface area contributed by atoms with Crippen molar-refractivity contribution < 1.29 is 9.53 Å². The van der Waals surface area contributed by atoms with Gasteiger partial charge in [0.2, 0.25) is 0 Å².